The molecule has 0 bridgehead atoms. The molecule has 7 heteroatoms. The van der Waals surface area contributed by atoms with Crippen LogP contribution in [0.5, 0.6) is 5.75 Å². The summed E-state index contributed by atoms with van der Waals surface area (Å²) >= 11 is 7.16. The van der Waals surface area contributed by atoms with Crippen molar-refractivity contribution >= 4 is 61.5 Å². The van der Waals surface area contributed by atoms with Gasteiger partial charge in [-0.2, -0.15) is 5.10 Å². The summed E-state index contributed by atoms with van der Waals surface area (Å²) in [4.78, 5) is 12.7. The van der Waals surface area contributed by atoms with E-state index in [1.165, 1.54) is 0 Å². The summed E-state index contributed by atoms with van der Waals surface area (Å²) in [5.74, 6) is 0.372. The van der Waals surface area contributed by atoms with Gasteiger partial charge in [-0.15, -0.1) is 11.3 Å². The molecular formula is C14H12BrIN2O2S. The van der Waals surface area contributed by atoms with Gasteiger partial charge in [0.05, 0.1) is 14.4 Å². The average molecular weight is 479 g/mol. The Bertz CT molecular complexity index is 655. The van der Waals surface area contributed by atoms with Crippen molar-refractivity contribution in [2.45, 2.75) is 6.92 Å². The summed E-state index contributed by atoms with van der Waals surface area (Å²) in [5, 5.41) is 4.06. The maximum atomic E-state index is 11.7. The predicted octanol–water partition coefficient (Wildman–Crippen LogP) is 4.03. The van der Waals surface area contributed by atoms with Crippen LogP contribution in [-0.4, -0.2) is 18.2 Å². The van der Waals surface area contributed by atoms with E-state index in [-0.39, 0.29) is 12.5 Å². The summed E-state index contributed by atoms with van der Waals surface area (Å²) in [6.45, 7) is 1.78. The van der Waals surface area contributed by atoms with E-state index >= 15 is 0 Å². The molecule has 0 aliphatic carbocycles. The monoisotopic (exact) mass is 478 g/mol. The first kappa shape index (κ1) is 16.4. The highest BCUT2D eigenvalue weighted by molar-refractivity contribution is 14.1. The average Bonchev–Trinajstić information content (AvgIpc) is 2.91. The van der Waals surface area contributed by atoms with Crippen molar-refractivity contribution in [3.05, 3.63) is 48.6 Å². The fourth-order valence-electron chi connectivity index (χ4n) is 1.42. The van der Waals surface area contributed by atoms with Crippen molar-refractivity contribution in [1.29, 1.82) is 0 Å². The lowest BCUT2D eigenvalue weighted by molar-refractivity contribution is -0.123. The number of ether oxygens (including phenoxy) is 1. The van der Waals surface area contributed by atoms with Gasteiger partial charge < -0.3 is 4.74 Å². The SMILES string of the molecule is CC(=NNC(=O)COc1ccc(I)cc1)c1ccc(Br)s1. The molecule has 1 aromatic carbocycles. The number of benzene rings is 1. The molecule has 21 heavy (non-hydrogen) atoms. The predicted molar refractivity (Wildman–Crippen MR) is 97.0 cm³/mol. The number of halogens is 2. The Kier molecular flexibility index (Phi) is 6.19. The molecule has 0 unspecified atom stereocenters. The molecule has 0 radical (unpaired) electrons. The molecule has 1 heterocycles. The minimum Gasteiger partial charge on any atom is -0.484 e. The van der Waals surface area contributed by atoms with E-state index in [0.717, 1.165) is 17.9 Å². The molecule has 0 saturated heterocycles. The zero-order valence-electron chi connectivity index (χ0n) is 11.1. The smallest absolute Gasteiger partial charge is 0.277 e. The topological polar surface area (TPSA) is 50.7 Å². The van der Waals surface area contributed by atoms with Crippen molar-refractivity contribution in [2.75, 3.05) is 6.61 Å². The van der Waals surface area contributed by atoms with Gasteiger partial charge in [0.25, 0.3) is 5.91 Å². The van der Waals surface area contributed by atoms with Crippen LogP contribution in [-0.2, 0) is 4.79 Å². The summed E-state index contributed by atoms with van der Waals surface area (Å²) in [5.41, 5.74) is 3.24. The van der Waals surface area contributed by atoms with Gasteiger partial charge in [-0.25, -0.2) is 5.43 Å². The summed E-state index contributed by atoms with van der Waals surface area (Å²) in [6, 6.07) is 11.4. The lowest BCUT2D eigenvalue weighted by Crippen LogP contribution is -2.25. The Morgan fingerprint density at radius 3 is 2.67 bits per heavy atom. The zero-order chi connectivity index (χ0) is 15.2. The summed E-state index contributed by atoms with van der Waals surface area (Å²) in [6.07, 6.45) is 0. The number of nitrogens with one attached hydrogen (secondary N) is 1. The molecule has 0 aliphatic rings. The molecule has 1 amide bonds. The third-order valence-corrected chi connectivity index (χ3v) is 4.91. The van der Waals surface area contributed by atoms with Crippen LogP contribution >= 0.6 is 49.9 Å². The van der Waals surface area contributed by atoms with Crippen molar-refractivity contribution in [3.63, 3.8) is 0 Å². The van der Waals surface area contributed by atoms with E-state index in [1.54, 1.807) is 11.3 Å². The van der Waals surface area contributed by atoms with Crippen LogP contribution in [0.2, 0.25) is 0 Å². The summed E-state index contributed by atoms with van der Waals surface area (Å²) in [7, 11) is 0. The van der Waals surface area contributed by atoms with Crippen molar-refractivity contribution in [3.8, 4) is 5.75 Å². The van der Waals surface area contributed by atoms with E-state index in [9.17, 15) is 4.79 Å². The molecular weight excluding hydrogens is 467 g/mol. The Morgan fingerprint density at radius 2 is 2.05 bits per heavy atom. The van der Waals surface area contributed by atoms with E-state index in [0.29, 0.717) is 5.75 Å². The molecule has 0 atom stereocenters. The van der Waals surface area contributed by atoms with Crippen LogP contribution < -0.4 is 10.2 Å². The maximum Gasteiger partial charge on any atom is 0.277 e. The van der Waals surface area contributed by atoms with Crippen molar-refractivity contribution in [1.82, 2.24) is 5.43 Å². The number of hydrogen-bond acceptors (Lipinski definition) is 4. The van der Waals surface area contributed by atoms with Gasteiger partial charge in [-0.1, -0.05) is 0 Å². The summed E-state index contributed by atoms with van der Waals surface area (Å²) < 4.78 is 7.52. The molecule has 2 rings (SSSR count). The Balaban J connectivity index is 1.83. The van der Waals surface area contributed by atoms with E-state index in [1.807, 2.05) is 43.3 Å². The quantitative estimate of drug-likeness (QED) is 0.400. The van der Waals surface area contributed by atoms with Crippen molar-refractivity contribution < 1.29 is 9.53 Å². The molecule has 1 aromatic heterocycles. The van der Waals surface area contributed by atoms with Crippen LogP contribution in [0.1, 0.15) is 11.8 Å². The number of thiophene rings is 1. The van der Waals surface area contributed by atoms with Crippen LogP contribution in [0.15, 0.2) is 45.3 Å². The van der Waals surface area contributed by atoms with E-state index in [4.69, 9.17) is 4.74 Å². The number of hydrogen-bond donors (Lipinski definition) is 1. The molecule has 110 valence electrons. The Hall–Kier alpha value is -0.930. The van der Waals surface area contributed by atoms with Crippen LogP contribution in [0.3, 0.4) is 0 Å². The largest absolute Gasteiger partial charge is 0.484 e. The third kappa shape index (κ3) is 5.40. The molecule has 4 nitrogen and oxygen atoms in total. The minimum absolute atomic E-state index is 0.0640. The standard InChI is InChI=1S/C14H12BrIN2O2S/c1-9(12-6-7-13(15)21-12)17-18-14(19)8-20-11-4-2-10(16)3-5-11/h2-7H,8H2,1H3,(H,18,19). The molecule has 2 aromatic rings. The van der Waals surface area contributed by atoms with Crippen LogP contribution in [0.25, 0.3) is 0 Å². The number of carbonyl (C=O) groups excluding carboxylic acids is 1. The molecule has 0 aliphatic heterocycles. The maximum absolute atomic E-state index is 11.7. The zero-order valence-corrected chi connectivity index (χ0v) is 15.7. The first-order valence-corrected chi connectivity index (χ1v) is 8.70. The number of carbonyl (C=O) groups is 1. The fourth-order valence-corrected chi connectivity index (χ4v) is 3.11. The van der Waals surface area contributed by atoms with Crippen molar-refractivity contribution in [2.24, 2.45) is 5.10 Å². The Morgan fingerprint density at radius 1 is 1.33 bits per heavy atom. The highest BCUT2D eigenvalue weighted by Gasteiger charge is 2.04. The number of amides is 1. The first-order valence-electron chi connectivity index (χ1n) is 6.02. The third-order valence-electron chi connectivity index (χ3n) is 2.46. The Labute approximate surface area is 148 Å². The second-order valence-electron chi connectivity index (χ2n) is 4.08. The number of hydrazone groups is 1. The van der Waals surface area contributed by atoms with Gasteiger partial charge >= 0.3 is 0 Å². The lowest BCUT2D eigenvalue weighted by Gasteiger charge is -2.05. The number of nitrogens with zero attached hydrogens (tertiary/aromatic N) is 1. The highest BCUT2D eigenvalue weighted by atomic mass is 127. The van der Waals surface area contributed by atoms with Crippen LogP contribution in [0, 0.1) is 3.57 Å². The first-order chi connectivity index (χ1) is 10.0. The molecule has 1 N–H and O–H groups in total. The van der Waals surface area contributed by atoms with Gasteiger partial charge in [0, 0.05) is 3.57 Å². The second-order valence-corrected chi connectivity index (χ2v) is 7.79. The second kappa shape index (κ2) is 7.90. The van der Waals surface area contributed by atoms with Crippen LogP contribution in [0.4, 0.5) is 0 Å². The fraction of sp³-hybridized carbons (Fsp3) is 0.143. The van der Waals surface area contributed by atoms with Gasteiger partial charge in [0.2, 0.25) is 0 Å². The molecule has 0 fully saturated rings. The van der Waals surface area contributed by atoms with Gasteiger partial charge in [-0.3, -0.25) is 4.79 Å². The molecule has 0 saturated carbocycles. The number of rotatable bonds is 5. The molecule has 0 spiro atoms. The minimum atomic E-state index is -0.288. The van der Waals surface area contributed by atoms with E-state index < -0.39 is 0 Å². The van der Waals surface area contributed by atoms with Gasteiger partial charge in [0.1, 0.15) is 5.75 Å². The lowest BCUT2D eigenvalue weighted by atomic mass is 10.3. The van der Waals surface area contributed by atoms with Gasteiger partial charge in [0.15, 0.2) is 6.61 Å². The highest BCUT2D eigenvalue weighted by Crippen LogP contribution is 2.22. The van der Waals surface area contributed by atoms with Gasteiger partial charge in [-0.05, 0) is 81.8 Å². The van der Waals surface area contributed by atoms with E-state index in [2.05, 4.69) is 49.0 Å². The normalized spacial score (nSPS) is 11.3.